The van der Waals surface area contributed by atoms with Gasteiger partial charge in [-0.05, 0) is 18.3 Å². The summed E-state index contributed by atoms with van der Waals surface area (Å²) < 4.78 is 0. The fraction of sp³-hybridized carbons (Fsp3) is 1.00. The van der Waals surface area contributed by atoms with Crippen LogP contribution in [0.2, 0.25) is 0 Å². The maximum atomic E-state index is 9.76. The highest BCUT2D eigenvalue weighted by Gasteiger charge is 2.42. The van der Waals surface area contributed by atoms with Gasteiger partial charge in [-0.2, -0.15) is 0 Å². The van der Waals surface area contributed by atoms with Crippen molar-refractivity contribution in [3.05, 3.63) is 0 Å². The molecule has 0 aliphatic heterocycles. The first-order valence-electron chi connectivity index (χ1n) is 4.99. The van der Waals surface area contributed by atoms with E-state index in [4.69, 9.17) is 0 Å². The summed E-state index contributed by atoms with van der Waals surface area (Å²) in [5, 5.41) is 28.9. The van der Waals surface area contributed by atoms with E-state index >= 15 is 0 Å². The second-order valence-electron chi connectivity index (χ2n) is 4.59. The second kappa shape index (κ2) is 3.95. The summed E-state index contributed by atoms with van der Waals surface area (Å²) in [5.74, 6) is 0.0653. The maximum absolute atomic E-state index is 9.76. The molecule has 0 spiro atoms. The molecular weight excluding hydrogens is 168 g/mol. The molecule has 3 nitrogen and oxygen atoms in total. The Balaban J connectivity index is 2.62. The summed E-state index contributed by atoms with van der Waals surface area (Å²) in [6, 6.07) is 0. The lowest BCUT2D eigenvalue weighted by Gasteiger charge is -2.24. The lowest BCUT2D eigenvalue weighted by Crippen LogP contribution is -2.35. The van der Waals surface area contributed by atoms with E-state index in [2.05, 4.69) is 0 Å². The van der Waals surface area contributed by atoms with Crippen LogP contribution in [0, 0.1) is 17.8 Å². The molecule has 0 aromatic heterocycles. The predicted molar refractivity (Wildman–Crippen MR) is 50.1 cm³/mol. The van der Waals surface area contributed by atoms with Gasteiger partial charge in [-0.1, -0.05) is 20.8 Å². The quantitative estimate of drug-likeness (QED) is 0.587. The van der Waals surface area contributed by atoms with Crippen LogP contribution >= 0.6 is 0 Å². The molecule has 1 fully saturated rings. The van der Waals surface area contributed by atoms with E-state index in [-0.39, 0.29) is 17.8 Å². The van der Waals surface area contributed by atoms with E-state index in [0.717, 1.165) is 0 Å². The zero-order chi connectivity index (χ0) is 10.2. The Morgan fingerprint density at radius 2 is 1.69 bits per heavy atom. The molecule has 0 unspecified atom stereocenters. The Morgan fingerprint density at radius 3 is 2.00 bits per heavy atom. The van der Waals surface area contributed by atoms with Crippen LogP contribution in [0.15, 0.2) is 0 Å². The Kier molecular flexibility index (Phi) is 3.33. The van der Waals surface area contributed by atoms with Crippen molar-refractivity contribution in [1.82, 2.24) is 0 Å². The summed E-state index contributed by atoms with van der Waals surface area (Å²) >= 11 is 0. The van der Waals surface area contributed by atoms with Crippen molar-refractivity contribution >= 4 is 0 Å². The van der Waals surface area contributed by atoms with Crippen LogP contribution in [0.4, 0.5) is 0 Å². The number of hydrogen-bond donors (Lipinski definition) is 3. The van der Waals surface area contributed by atoms with Gasteiger partial charge in [0.2, 0.25) is 0 Å². The van der Waals surface area contributed by atoms with Crippen molar-refractivity contribution in [1.29, 1.82) is 0 Å². The van der Waals surface area contributed by atoms with Crippen LogP contribution in [0.5, 0.6) is 0 Å². The smallest absolute Gasteiger partial charge is 0.0854 e. The standard InChI is InChI=1S/C10H20O3/c1-5(2)8(11)7-4-6(3)9(12)10(7)13/h5-13H,4H2,1-3H3/t6-,7-,8-,9+,10-/m1/s1. The van der Waals surface area contributed by atoms with Gasteiger partial charge in [0.05, 0.1) is 18.3 Å². The van der Waals surface area contributed by atoms with Crippen LogP contribution in [-0.4, -0.2) is 33.6 Å². The SMILES string of the molecule is CC(C)[C@@H](O)[C@H]1C[C@@H](C)[C@H](O)[C@@H]1O. The van der Waals surface area contributed by atoms with Gasteiger partial charge < -0.3 is 15.3 Å². The van der Waals surface area contributed by atoms with Crippen LogP contribution < -0.4 is 0 Å². The van der Waals surface area contributed by atoms with Crippen molar-refractivity contribution in [3.8, 4) is 0 Å². The molecule has 1 aliphatic rings. The van der Waals surface area contributed by atoms with E-state index in [9.17, 15) is 15.3 Å². The Labute approximate surface area is 79.4 Å². The third kappa shape index (κ3) is 2.03. The van der Waals surface area contributed by atoms with Crippen LogP contribution in [0.3, 0.4) is 0 Å². The topological polar surface area (TPSA) is 60.7 Å². The lowest BCUT2D eigenvalue weighted by molar-refractivity contribution is -0.0376. The Morgan fingerprint density at radius 1 is 1.15 bits per heavy atom. The van der Waals surface area contributed by atoms with Gasteiger partial charge in [0.15, 0.2) is 0 Å². The Hall–Kier alpha value is -0.120. The molecule has 0 amide bonds. The fourth-order valence-corrected chi connectivity index (χ4v) is 2.13. The number of aliphatic hydroxyl groups excluding tert-OH is 3. The van der Waals surface area contributed by atoms with Gasteiger partial charge in [-0.25, -0.2) is 0 Å². The summed E-state index contributed by atoms with van der Waals surface area (Å²) in [5.41, 5.74) is 0. The summed E-state index contributed by atoms with van der Waals surface area (Å²) in [6.45, 7) is 5.75. The predicted octanol–water partition coefficient (Wildman–Crippen LogP) is 0.381. The largest absolute Gasteiger partial charge is 0.392 e. The molecule has 0 bridgehead atoms. The normalized spacial score (nSPS) is 42.7. The monoisotopic (exact) mass is 188 g/mol. The average Bonchev–Trinajstić information content (AvgIpc) is 2.31. The fourth-order valence-electron chi connectivity index (χ4n) is 2.13. The molecule has 13 heavy (non-hydrogen) atoms. The highest BCUT2D eigenvalue weighted by Crippen LogP contribution is 2.35. The van der Waals surface area contributed by atoms with Gasteiger partial charge in [-0.3, -0.25) is 0 Å². The zero-order valence-corrected chi connectivity index (χ0v) is 8.51. The molecule has 0 radical (unpaired) electrons. The van der Waals surface area contributed by atoms with Crippen molar-refractivity contribution in [2.75, 3.05) is 0 Å². The molecule has 0 aromatic rings. The molecule has 1 rings (SSSR count). The number of rotatable bonds is 2. The van der Waals surface area contributed by atoms with Crippen molar-refractivity contribution in [2.24, 2.45) is 17.8 Å². The summed E-state index contributed by atoms with van der Waals surface area (Å²) in [7, 11) is 0. The third-order valence-electron chi connectivity index (χ3n) is 3.14. The maximum Gasteiger partial charge on any atom is 0.0854 e. The minimum Gasteiger partial charge on any atom is -0.392 e. The molecule has 0 saturated heterocycles. The van der Waals surface area contributed by atoms with Gasteiger partial charge in [0, 0.05) is 5.92 Å². The van der Waals surface area contributed by atoms with Crippen LogP contribution in [0.1, 0.15) is 27.2 Å². The van der Waals surface area contributed by atoms with E-state index in [0.29, 0.717) is 6.42 Å². The number of aliphatic hydroxyl groups is 3. The van der Waals surface area contributed by atoms with Crippen LogP contribution in [-0.2, 0) is 0 Å². The zero-order valence-electron chi connectivity index (χ0n) is 8.51. The van der Waals surface area contributed by atoms with Gasteiger partial charge in [-0.15, -0.1) is 0 Å². The minimum atomic E-state index is -0.757. The molecule has 5 atom stereocenters. The molecular formula is C10H20O3. The van der Waals surface area contributed by atoms with Crippen molar-refractivity contribution < 1.29 is 15.3 Å². The van der Waals surface area contributed by atoms with Crippen molar-refractivity contribution in [2.45, 2.75) is 45.5 Å². The average molecular weight is 188 g/mol. The van der Waals surface area contributed by atoms with Gasteiger partial charge >= 0.3 is 0 Å². The molecule has 3 N–H and O–H groups in total. The van der Waals surface area contributed by atoms with E-state index in [1.807, 2.05) is 20.8 Å². The van der Waals surface area contributed by atoms with Gasteiger partial charge in [0.25, 0.3) is 0 Å². The molecule has 1 saturated carbocycles. The molecule has 1 aliphatic carbocycles. The highest BCUT2D eigenvalue weighted by atomic mass is 16.3. The highest BCUT2D eigenvalue weighted by molar-refractivity contribution is 4.92. The van der Waals surface area contributed by atoms with E-state index in [1.54, 1.807) is 0 Å². The summed E-state index contributed by atoms with van der Waals surface area (Å²) in [4.78, 5) is 0. The molecule has 0 aromatic carbocycles. The van der Waals surface area contributed by atoms with E-state index in [1.165, 1.54) is 0 Å². The molecule has 3 heteroatoms. The van der Waals surface area contributed by atoms with E-state index < -0.39 is 18.3 Å². The van der Waals surface area contributed by atoms with Crippen molar-refractivity contribution in [3.63, 3.8) is 0 Å². The molecule has 0 heterocycles. The van der Waals surface area contributed by atoms with Gasteiger partial charge in [0.1, 0.15) is 0 Å². The first-order valence-corrected chi connectivity index (χ1v) is 4.99. The first kappa shape index (κ1) is 11.0. The summed E-state index contributed by atoms with van der Waals surface area (Å²) in [6.07, 6.45) is -1.22. The number of hydrogen-bond acceptors (Lipinski definition) is 3. The Bertz CT molecular complexity index is 166. The minimum absolute atomic E-state index is 0.0911. The lowest BCUT2D eigenvalue weighted by atomic mass is 9.90. The second-order valence-corrected chi connectivity index (χ2v) is 4.59. The molecule has 78 valence electrons. The first-order chi connectivity index (χ1) is 5.95. The van der Waals surface area contributed by atoms with Crippen LogP contribution in [0.25, 0.3) is 0 Å². The third-order valence-corrected chi connectivity index (χ3v) is 3.14.